The minimum Gasteiger partial charge on any atom is -0.374 e. The minimum atomic E-state index is -0.549. The fraction of sp³-hybridized carbons (Fsp3) is 0.235. The molecule has 25 heavy (non-hydrogen) atoms. The summed E-state index contributed by atoms with van der Waals surface area (Å²) in [5, 5.41) is 0. The average molecular weight is 342 g/mol. The summed E-state index contributed by atoms with van der Waals surface area (Å²) in [5.74, 6) is 0. The molecular formula is C17H18N4O4. The number of hydrogen-bond donors (Lipinski definition) is 2. The number of ether oxygens (including phenoxy) is 2. The summed E-state index contributed by atoms with van der Waals surface area (Å²) in [6.45, 7) is 1.77. The molecule has 2 N–H and O–H groups in total. The summed E-state index contributed by atoms with van der Waals surface area (Å²) in [4.78, 5) is 31.5. The maximum atomic E-state index is 11.7. The van der Waals surface area contributed by atoms with Crippen LogP contribution in [0.3, 0.4) is 0 Å². The van der Waals surface area contributed by atoms with Gasteiger partial charge in [0.15, 0.2) is 0 Å². The van der Waals surface area contributed by atoms with Crippen LogP contribution in [-0.2, 0) is 22.8 Å². The molecule has 0 radical (unpaired) electrons. The van der Waals surface area contributed by atoms with Crippen molar-refractivity contribution in [3.8, 4) is 11.3 Å². The smallest absolute Gasteiger partial charge is 0.325 e. The highest BCUT2D eigenvalue weighted by molar-refractivity contribution is 5.55. The minimum absolute atomic E-state index is 0.295. The molecule has 0 aliphatic heterocycles. The van der Waals surface area contributed by atoms with Gasteiger partial charge in [0.1, 0.15) is 6.73 Å². The van der Waals surface area contributed by atoms with Gasteiger partial charge in [0.25, 0.3) is 5.56 Å². The van der Waals surface area contributed by atoms with E-state index in [2.05, 4.69) is 15.0 Å². The Morgan fingerprint density at radius 1 is 1.08 bits per heavy atom. The average Bonchev–Trinajstić information content (AvgIpc) is 3.07. The second-order valence-corrected chi connectivity index (χ2v) is 5.33. The zero-order valence-corrected chi connectivity index (χ0v) is 13.5. The van der Waals surface area contributed by atoms with E-state index in [-0.39, 0.29) is 0 Å². The van der Waals surface area contributed by atoms with Gasteiger partial charge in [-0.3, -0.25) is 9.78 Å². The predicted molar refractivity (Wildman–Crippen MR) is 91.0 cm³/mol. The molecule has 0 unspecified atom stereocenters. The van der Waals surface area contributed by atoms with E-state index >= 15 is 0 Å². The molecular weight excluding hydrogens is 324 g/mol. The fourth-order valence-electron chi connectivity index (χ4n) is 2.22. The Hall–Kier alpha value is -2.97. The van der Waals surface area contributed by atoms with Crippen LogP contribution in [0.2, 0.25) is 0 Å². The summed E-state index contributed by atoms with van der Waals surface area (Å²) in [5.41, 5.74) is 0.843. The van der Waals surface area contributed by atoms with E-state index in [4.69, 9.17) is 9.47 Å². The molecule has 0 bridgehead atoms. The molecule has 0 atom stereocenters. The Balaban J connectivity index is 1.43. The van der Waals surface area contributed by atoms with Crippen molar-refractivity contribution < 1.29 is 9.47 Å². The van der Waals surface area contributed by atoms with E-state index in [1.807, 2.05) is 30.3 Å². The van der Waals surface area contributed by atoms with Crippen molar-refractivity contribution in [2.75, 3.05) is 13.2 Å². The molecule has 0 saturated carbocycles. The zero-order chi connectivity index (χ0) is 17.5. The topological polar surface area (TPSA) is 102 Å². The SMILES string of the molecule is O=c1[nH]cc(-c2cn(COCCOCc3ccccc3)cn2)c(=O)[nH]1. The van der Waals surface area contributed by atoms with Crippen molar-refractivity contribution in [2.24, 2.45) is 0 Å². The fourth-order valence-corrected chi connectivity index (χ4v) is 2.22. The first kappa shape index (κ1) is 16.9. The lowest BCUT2D eigenvalue weighted by molar-refractivity contribution is 0.0136. The Labute approximate surface area is 143 Å². The number of benzene rings is 1. The highest BCUT2D eigenvalue weighted by Gasteiger charge is 2.07. The van der Waals surface area contributed by atoms with Crippen LogP contribution in [0.4, 0.5) is 0 Å². The van der Waals surface area contributed by atoms with Crippen LogP contribution in [0.1, 0.15) is 5.56 Å². The van der Waals surface area contributed by atoms with Crippen molar-refractivity contribution in [3.05, 3.63) is 75.5 Å². The monoisotopic (exact) mass is 342 g/mol. The van der Waals surface area contributed by atoms with Crippen LogP contribution < -0.4 is 11.2 Å². The van der Waals surface area contributed by atoms with Gasteiger partial charge in [-0.1, -0.05) is 30.3 Å². The van der Waals surface area contributed by atoms with E-state index < -0.39 is 11.2 Å². The van der Waals surface area contributed by atoms with Gasteiger partial charge in [0, 0.05) is 12.4 Å². The Morgan fingerprint density at radius 3 is 2.68 bits per heavy atom. The van der Waals surface area contributed by atoms with Crippen molar-refractivity contribution in [3.63, 3.8) is 0 Å². The molecule has 0 fully saturated rings. The van der Waals surface area contributed by atoms with Crippen LogP contribution in [-0.4, -0.2) is 32.7 Å². The molecule has 8 heteroatoms. The Bertz CT molecular complexity index is 914. The molecule has 3 rings (SSSR count). The quantitative estimate of drug-likeness (QED) is 0.597. The number of hydrogen-bond acceptors (Lipinski definition) is 5. The second-order valence-electron chi connectivity index (χ2n) is 5.33. The lowest BCUT2D eigenvalue weighted by Gasteiger charge is -2.06. The predicted octanol–water partition coefficient (Wildman–Crippen LogP) is 1.12. The van der Waals surface area contributed by atoms with Crippen LogP contribution in [0.25, 0.3) is 11.3 Å². The van der Waals surface area contributed by atoms with Gasteiger partial charge < -0.3 is 19.0 Å². The molecule has 0 aliphatic carbocycles. The first-order valence-corrected chi connectivity index (χ1v) is 7.76. The van der Waals surface area contributed by atoms with Gasteiger partial charge in [0.2, 0.25) is 0 Å². The number of nitrogens with zero attached hydrogens (tertiary/aromatic N) is 2. The first-order chi connectivity index (χ1) is 12.2. The van der Waals surface area contributed by atoms with Gasteiger partial charge >= 0.3 is 5.69 Å². The second kappa shape index (κ2) is 8.22. The number of rotatable bonds is 8. The standard InChI is InChI=1S/C17H18N4O4/c22-16-14(8-18-17(23)20-16)15-9-21(11-19-15)12-25-7-6-24-10-13-4-2-1-3-5-13/h1-5,8-9,11H,6-7,10,12H2,(H2,18,20,22,23). The lowest BCUT2D eigenvalue weighted by atomic mass is 10.2. The molecule has 0 aliphatic rings. The van der Waals surface area contributed by atoms with Crippen molar-refractivity contribution >= 4 is 0 Å². The van der Waals surface area contributed by atoms with E-state index in [1.165, 1.54) is 6.20 Å². The highest BCUT2D eigenvalue weighted by atomic mass is 16.5. The summed E-state index contributed by atoms with van der Waals surface area (Å²) >= 11 is 0. The molecule has 0 spiro atoms. The summed E-state index contributed by atoms with van der Waals surface area (Å²) in [7, 11) is 0. The number of H-pyrrole nitrogens is 2. The van der Waals surface area contributed by atoms with Gasteiger partial charge in [0.05, 0.1) is 37.4 Å². The Kier molecular flexibility index (Phi) is 5.55. The molecule has 2 aromatic heterocycles. The molecule has 3 aromatic rings. The van der Waals surface area contributed by atoms with Gasteiger partial charge in [-0.05, 0) is 5.56 Å². The number of nitrogens with one attached hydrogen (secondary N) is 2. The van der Waals surface area contributed by atoms with Crippen LogP contribution in [0, 0.1) is 0 Å². The van der Waals surface area contributed by atoms with E-state index in [0.29, 0.717) is 37.8 Å². The molecule has 1 aromatic carbocycles. The van der Waals surface area contributed by atoms with Crippen LogP contribution in [0.15, 0.2) is 58.6 Å². The number of aromatic amines is 2. The third-order valence-electron chi connectivity index (χ3n) is 3.45. The van der Waals surface area contributed by atoms with E-state index in [9.17, 15) is 9.59 Å². The number of imidazole rings is 1. The molecule has 8 nitrogen and oxygen atoms in total. The van der Waals surface area contributed by atoms with Crippen LogP contribution >= 0.6 is 0 Å². The van der Waals surface area contributed by atoms with Crippen molar-refractivity contribution in [1.82, 2.24) is 19.5 Å². The van der Waals surface area contributed by atoms with Gasteiger partial charge in [-0.2, -0.15) is 0 Å². The Morgan fingerprint density at radius 2 is 1.88 bits per heavy atom. The third-order valence-corrected chi connectivity index (χ3v) is 3.45. The van der Waals surface area contributed by atoms with Crippen molar-refractivity contribution in [1.29, 1.82) is 0 Å². The summed E-state index contributed by atoms with van der Waals surface area (Å²) in [6.07, 6.45) is 4.57. The van der Waals surface area contributed by atoms with Crippen molar-refractivity contribution in [2.45, 2.75) is 13.3 Å². The molecule has 2 heterocycles. The van der Waals surface area contributed by atoms with E-state index in [0.717, 1.165) is 5.56 Å². The maximum absolute atomic E-state index is 11.7. The van der Waals surface area contributed by atoms with Gasteiger partial charge in [-0.15, -0.1) is 0 Å². The normalized spacial score (nSPS) is 10.9. The summed E-state index contributed by atoms with van der Waals surface area (Å²) in [6, 6.07) is 9.92. The van der Waals surface area contributed by atoms with Gasteiger partial charge in [-0.25, -0.2) is 9.78 Å². The third kappa shape index (κ3) is 4.75. The maximum Gasteiger partial charge on any atom is 0.325 e. The molecule has 130 valence electrons. The first-order valence-electron chi connectivity index (χ1n) is 7.76. The molecule has 0 amide bonds. The van der Waals surface area contributed by atoms with E-state index in [1.54, 1.807) is 17.1 Å². The largest absolute Gasteiger partial charge is 0.374 e. The number of aromatic nitrogens is 4. The van der Waals surface area contributed by atoms with Crippen LogP contribution in [0.5, 0.6) is 0 Å². The molecule has 0 saturated heterocycles. The zero-order valence-electron chi connectivity index (χ0n) is 13.5. The lowest BCUT2D eigenvalue weighted by Crippen LogP contribution is -2.22. The summed E-state index contributed by atoms with van der Waals surface area (Å²) < 4.78 is 12.7. The highest BCUT2D eigenvalue weighted by Crippen LogP contribution is 2.09.